The Hall–Kier alpha value is -2.71. The van der Waals surface area contributed by atoms with Crippen LogP contribution in [0.2, 0.25) is 0 Å². The van der Waals surface area contributed by atoms with E-state index in [0.29, 0.717) is 18.4 Å². The van der Waals surface area contributed by atoms with Gasteiger partial charge in [0.2, 0.25) is 5.91 Å². The number of aryl methyl sites for hydroxylation is 2. The van der Waals surface area contributed by atoms with Crippen LogP contribution in [-0.2, 0) is 4.79 Å². The van der Waals surface area contributed by atoms with Crippen molar-refractivity contribution in [3.63, 3.8) is 0 Å². The lowest BCUT2D eigenvalue weighted by atomic mass is 9.91. The van der Waals surface area contributed by atoms with Gasteiger partial charge in [-0.1, -0.05) is 13.8 Å². The lowest BCUT2D eigenvalue weighted by Crippen LogP contribution is -2.48. The molecule has 30 heavy (non-hydrogen) atoms. The molecule has 1 fully saturated rings. The first-order chi connectivity index (χ1) is 14.3. The number of nitrogens with two attached hydrogens (primary N) is 1. The molecule has 0 aliphatic carbocycles. The van der Waals surface area contributed by atoms with E-state index in [4.69, 9.17) is 5.73 Å². The number of H-pyrrole nitrogens is 1. The minimum Gasteiger partial charge on any atom is -0.369 e. The van der Waals surface area contributed by atoms with Gasteiger partial charge in [0.25, 0.3) is 0 Å². The van der Waals surface area contributed by atoms with Crippen molar-refractivity contribution < 1.29 is 4.79 Å². The van der Waals surface area contributed by atoms with Crippen LogP contribution in [0.15, 0.2) is 18.6 Å². The highest BCUT2D eigenvalue weighted by atomic mass is 32.1. The summed E-state index contributed by atoms with van der Waals surface area (Å²) in [5.41, 5.74) is 12.4. The molecule has 0 aromatic carbocycles. The molecule has 1 aliphatic heterocycles. The smallest absolute Gasteiger partial charge is 0.231 e. The number of carbonyl (C=O) groups excluding carboxylic acids is 1. The first-order valence-corrected chi connectivity index (χ1v) is 11.1. The van der Waals surface area contributed by atoms with E-state index in [-0.39, 0.29) is 5.91 Å². The van der Waals surface area contributed by atoms with Gasteiger partial charge in [-0.15, -0.1) is 11.3 Å². The molecule has 0 saturated carbocycles. The highest BCUT2D eigenvalue weighted by molar-refractivity contribution is 7.19. The Kier molecular flexibility index (Phi) is 4.44. The molecule has 156 valence electrons. The fourth-order valence-corrected chi connectivity index (χ4v) is 6.07. The van der Waals surface area contributed by atoms with Crippen molar-refractivity contribution in [1.29, 1.82) is 0 Å². The fraction of sp³-hybridized carbons (Fsp3) is 0.409. The number of rotatable bonds is 5. The second-order valence-corrected chi connectivity index (χ2v) is 9.71. The second kappa shape index (κ2) is 6.92. The molecule has 5 heterocycles. The third-order valence-corrected chi connectivity index (χ3v) is 7.46. The summed E-state index contributed by atoms with van der Waals surface area (Å²) in [5, 5.41) is 5.69. The number of pyridine rings is 1. The summed E-state index contributed by atoms with van der Waals surface area (Å²) >= 11 is 1.85. The van der Waals surface area contributed by atoms with Crippen LogP contribution < -0.4 is 5.73 Å². The number of fused-ring (bicyclic) bond motifs is 2. The molecule has 0 unspecified atom stereocenters. The van der Waals surface area contributed by atoms with Crippen LogP contribution in [0.4, 0.5) is 0 Å². The molecule has 4 aromatic heterocycles. The molecular weight excluding hydrogens is 396 g/mol. The highest BCUT2D eigenvalue weighted by Crippen LogP contribution is 2.45. The van der Waals surface area contributed by atoms with Crippen molar-refractivity contribution in [2.24, 2.45) is 5.73 Å². The maximum absolute atomic E-state index is 11.2. The van der Waals surface area contributed by atoms with E-state index in [9.17, 15) is 4.79 Å². The zero-order chi connectivity index (χ0) is 21.2. The average Bonchev–Trinajstić information content (AvgIpc) is 3.32. The van der Waals surface area contributed by atoms with Crippen molar-refractivity contribution in [3.8, 4) is 11.3 Å². The number of hydrogen-bond donors (Lipinski definition) is 2. The average molecular weight is 423 g/mol. The Morgan fingerprint density at radius 3 is 2.83 bits per heavy atom. The minimum absolute atomic E-state index is 0.255. The van der Waals surface area contributed by atoms with Gasteiger partial charge in [0.05, 0.1) is 12.2 Å². The van der Waals surface area contributed by atoms with E-state index in [1.807, 2.05) is 15.9 Å². The zero-order valence-corrected chi connectivity index (χ0v) is 18.5. The SMILES string of the molecule is Cc1c(C2CN(CC(N)=O)C2)sc2[nH]c(-c3cc(C)c4ncnn4c3)c(C(C)C)c12. The Bertz CT molecular complexity index is 1270. The van der Waals surface area contributed by atoms with Gasteiger partial charge in [0.1, 0.15) is 11.2 Å². The molecule has 0 atom stereocenters. The molecule has 1 saturated heterocycles. The number of nitrogens with one attached hydrogen (secondary N) is 1. The number of amides is 1. The van der Waals surface area contributed by atoms with E-state index >= 15 is 0 Å². The molecule has 8 heteroatoms. The van der Waals surface area contributed by atoms with E-state index in [0.717, 1.165) is 29.9 Å². The van der Waals surface area contributed by atoms with Crippen LogP contribution in [0.25, 0.3) is 27.1 Å². The maximum atomic E-state index is 11.2. The molecule has 5 rings (SSSR count). The third kappa shape index (κ3) is 2.94. The predicted molar refractivity (Wildman–Crippen MR) is 120 cm³/mol. The van der Waals surface area contributed by atoms with Crippen LogP contribution in [0.3, 0.4) is 0 Å². The van der Waals surface area contributed by atoms with Gasteiger partial charge in [0, 0.05) is 41.0 Å². The van der Waals surface area contributed by atoms with E-state index in [1.54, 1.807) is 6.33 Å². The summed E-state index contributed by atoms with van der Waals surface area (Å²) < 4.78 is 1.85. The number of hydrogen-bond acceptors (Lipinski definition) is 5. The van der Waals surface area contributed by atoms with Gasteiger partial charge in [-0.25, -0.2) is 9.50 Å². The summed E-state index contributed by atoms with van der Waals surface area (Å²) in [5.74, 6) is 0.608. The molecule has 0 bridgehead atoms. The van der Waals surface area contributed by atoms with Crippen molar-refractivity contribution in [2.45, 2.75) is 39.5 Å². The Morgan fingerprint density at radius 2 is 2.13 bits per heavy atom. The van der Waals surface area contributed by atoms with Crippen LogP contribution in [0.1, 0.15) is 47.3 Å². The normalized spacial score (nSPS) is 15.5. The monoisotopic (exact) mass is 422 g/mol. The quantitative estimate of drug-likeness (QED) is 0.514. The number of aromatic nitrogens is 4. The lowest BCUT2D eigenvalue weighted by molar-refractivity contribution is -0.120. The molecule has 0 spiro atoms. The van der Waals surface area contributed by atoms with Crippen LogP contribution >= 0.6 is 11.3 Å². The predicted octanol–water partition coefficient (Wildman–Crippen LogP) is 3.56. The number of carbonyl (C=O) groups is 1. The van der Waals surface area contributed by atoms with E-state index < -0.39 is 0 Å². The summed E-state index contributed by atoms with van der Waals surface area (Å²) in [6.07, 6.45) is 3.65. The Balaban J connectivity index is 1.58. The zero-order valence-electron chi connectivity index (χ0n) is 17.7. The molecule has 3 N–H and O–H groups in total. The summed E-state index contributed by atoms with van der Waals surface area (Å²) in [6.45, 7) is 11.0. The van der Waals surface area contributed by atoms with Crippen molar-refractivity contribution in [2.75, 3.05) is 19.6 Å². The number of primary amides is 1. The van der Waals surface area contributed by atoms with Gasteiger partial charge in [-0.05, 0) is 42.5 Å². The first kappa shape index (κ1) is 19.3. The van der Waals surface area contributed by atoms with Crippen LogP contribution in [0.5, 0.6) is 0 Å². The molecule has 7 nitrogen and oxygen atoms in total. The number of nitrogens with zero attached hydrogens (tertiary/aromatic N) is 4. The fourth-order valence-electron chi connectivity index (χ4n) is 4.76. The molecule has 1 amide bonds. The number of likely N-dealkylation sites (tertiary alicyclic amines) is 1. The highest BCUT2D eigenvalue weighted by Gasteiger charge is 2.33. The molecule has 1 aliphatic rings. The van der Waals surface area contributed by atoms with Gasteiger partial charge in [0.15, 0.2) is 5.65 Å². The summed E-state index contributed by atoms with van der Waals surface area (Å²) in [6, 6.07) is 2.19. The lowest BCUT2D eigenvalue weighted by Gasteiger charge is -2.38. The molecular formula is C22H26N6OS. The molecule has 4 aromatic rings. The van der Waals surface area contributed by atoms with E-state index in [2.05, 4.69) is 59.9 Å². The van der Waals surface area contributed by atoms with Gasteiger partial charge in [-0.2, -0.15) is 5.10 Å². The van der Waals surface area contributed by atoms with Crippen molar-refractivity contribution in [1.82, 2.24) is 24.5 Å². The summed E-state index contributed by atoms with van der Waals surface area (Å²) in [4.78, 5) is 24.0. The minimum atomic E-state index is -0.255. The van der Waals surface area contributed by atoms with Crippen molar-refractivity contribution in [3.05, 3.63) is 40.2 Å². The first-order valence-electron chi connectivity index (χ1n) is 10.3. The van der Waals surface area contributed by atoms with Gasteiger partial charge < -0.3 is 10.7 Å². The third-order valence-electron chi connectivity index (χ3n) is 6.09. The maximum Gasteiger partial charge on any atom is 0.231 e. The van der Waals surface area contributed by atoms with Crippen LogP contribution in [0, 0.1) is 13.8 Å². The summed E-state index contributed by atoms with van der Waals surface area (Å²) in [7, 11) is 0. The second-order valence-electron chi connectivity index (χ2n) is 8.66. The topological polar surface area (TPSA) is 92.3 Å². The number of aromatic amines is 1. The molecule has 0 radical (unpaired) electrons. The largest absolute Gasteiger partial charge is 0.369 e. The van der Waals surface area contributed by atoms with Gasteiger partial charge in [-0.3, -0.25) is 9.69 Å². The van der Waals surface area contributed by atoms with Crippen molar-refractivity contribution >= 4 is 33.1 Å². The van der Waals surface area contributed by atoms with Crippen LogP contribution in [-0.4, -0.2) is 50.0 Å². The van der Waals surface area contributed by atoms with E-state index in [1.165, 1.54) is 31.9 Å². The Morgan fingerprint density at radius 1 is 1.37 bits per heavy atom. The van der Waals surface area contributed by atoms with Gasteiger partial charge >= 0.3 is 0 Å². The number of thiophene rings is 1. The Labute approximate surface area is 178 Å². The standard InChI is InChI=1S/C22H26N6OS/c1-11(2)17-18-13(4)20(15-6-27(7-15)9-16(23)29)30-22(18)26-19(17)14-5-12(3)21-24-10-25-28(21)8-14/h5,8,10-11,15,26H,6-7,9H2,1-4H3,(H2,23,29).